The van der Waals surface area contributed by atoms with Crippen LogP contribution < -0.4 is 16.8 Å². The number of nitrogens with one attached hydrogen (secondary N) is 2. The standard InChI is InChI=1S/C24H29N5O2/c25-21(26)18-8-6-17(7-9-18)15-28-22(30)20-11-10-19-12-13-24(27,23(31)29(19)20)14-16-4-2-1-3-5-16/h1-9,19-20H,10-15,27H2,(H3,25,26)(H,28,30)/t19-,20-,24+/m0/s1. The second kappa shape index (κ2) is 8.51. The third-order valence-electron chi connectivity index (χ3n) is 6.48. The molecule has 7 nitrogen and oxygen atoms in total. The number of amidine groups is 1. The second-order valence-corrected chi connectivity index (χ2v) is 8.64. The van der Waals surface area contributed by atoms with Gasteiger partial charge in [-0.1, -0.05) is 54.6 Å². The van der Waals surface area contributed by atoms with E-state index in [1.165, 1.54) is 0 Å². The van der Waals surface area contributed by atoms with Crippen molar-refractivity contribution >= 4 is 17.6 Å². The number of carbonyl (C=O) groups excluding carboxylic acids is 2. The van der Waals surface area contributed by atoms with Gasteiger partial charge in [-0.2, -0.15) is 0 Å². The average molecular weight is 420 g/mol. The molecule has 7 heteroatoms. The van der Waals surface area contributed by atoms with Gasteiger partial charge in [0.2, 0.25) is 11.8 Å². The molecule has 0 saturated carbocycles. The first-order valence-corrected chi connectivity index (χ1v) is 10.7. The van der Waals surface area contributed by atoms with Crippen LogP contribution in [0.2, 0.25) is 0 Å². The summed E-state index contributed by atoms with van der Waals surface area (Å²) in [5.74, 6) is -0.247. The molecule has 2 aromatic rings. The zero-order valence-corrected chi connectivity index (χ0v) is 17.5. The zero-order valence-electron chi connectivity index (χ0n) is 17.5. The first-order chi connectivity index (χ1) is 14.9. The molecule has 0 spiro atoms. The third kappa shape index (κ3) is 4.32. The molecule has 2 fully saturated rings. The van der Waals surface area contributed by atoms with Crippen molar-refractivity contribution in [3.8, 4) is 0 Å². The highest BCUT2D eigenvalue weighted by Gasteiger charge is 2.51. The van der Waals surface area contributed by atoms with Crippen LogP contribution in [-0.2, 0) is 22.6 Å². The third-order valence-corrected chi connectivity index (χ3v) is 6.48. The molecule has 2 aliphatic rings. The highest BCUT2D eigenvalue weighted by atomic mass is 16.2. The number of piperidine rings is 1. The van der Waals surface area contributed by atoms with E-state index in [2.05, 4.69) is 5.32 Å². The Hall–Kier alpha value is -3.19. The molecule has 2 aliphatic heterocycles. The first-order valence-electron chi connectivity index (χ1n) is 10.7. The van der Waals surface area contributed by atoms with Crippen molar-refractivity contribution in [1.82, 2.24) is 10.2 Å². The van der Waals surface area contributed by atoms with Crippen LogP contribution in [0.25, 0.3) is 0 Å². The lowest BCUT2D eigenvalue weighted by Gasteiger charge is -2.43. The number of fused-ring (bicyclic) bond motifs is 1. The number of carbonyl (C=O) groups is 2. The number of benzene rings is 2. The van der Waals surface area contributed by atoms with Crippen molar-refractivity contribution in [2.75, 3.05) is 0 Å². The van der Waals surface area contributed by atoms with Crippen LogP contribution in [0.5, 0.6) is 0 Å². The van der Waals surface area contributed by atoms with Crippen LogP contribution in [0.1, 0.15) is 42.4 Å². The van der Waals surface area contributed by atoms with E-state index in [4.69, 9.17) is 16.9 Å². The Labute approximate surface area is 182 Å². The summed E-state index contributed by atoms with van der Waals surface area (Å²) in [5, 5.41) is 10.4. The zero-order chi connectivity index (χ0) is 22.0. The summed E-state index contributed by atoms with van der Waals surface area (Å²) in [4.78, 5) is 28.1. The molecule has 0 radical (unpaired) electrons. The molecule has 2 heterocycles. The molecule has 162 valence electrons. The van der Waals surface area contributed by atoms with Crippen molar-refractivity contribution in [3.63, 3.8) is 0 Å². The van der Waals surface area contributed by atoms with Crippen molar-refractivity contribution < 1.29 is 9.59 Å². The van der Waals surface area contributed by atoms with E-state index < -0.39 is 11.6 Å². The van der Waals surface area contributed by atoms with Gasteiger partial charge in [0.25, 0.3) is 0 Å². The van der Waals surface area contributed by atoms with Crippen LogP contribution >= 0.6 is 0 Å². The van der Waals surface area contributed by atoms with E-state index in [0.717, 1.165) is 24.0 Å². The molecule has 2 saturated heterocycles. The number of hydrogen-bond donors (Lipinski definition) is 4. The molecule has 2 aromatic carbocycles. The van der Waals surface area contributed by atoms with Crippen molar-refractivity contribution in [2.45, 2.75) is 56.3 Å². The van der Waals surface area contributed by atoms with Crippen LogP contribution in [0.15, 0.2) is 54.6 Å². The molecule has 0 unspecified atom stereocenters. The van der Waals surface area contributed by atoms with E-state index in [0.29, 0.717) is 31.4 Å². The molecule has 6 N–H and O–H groups in total. The fourth-order valence-electron chi connectivity index (χ4n) is 4.75. The van der Waals surface area contributed by atoms with Gasteiger partial charge < -0.3 is 21.7 Å². The van der Waals surface area contributed by atoms with E-state index in [9.17, 15) is 9.59 Å². The SMILES string of the molecule is N=C(N)c1ccc(CNC(=O)[C@@H]2CC[C@H]3CC[C@@](N)(Cc4ccccc4)C(=O)N32)cc1. The summed E-state index contributed by atoms with van der Waals surface area (Å²) in [6.07, 6.45) is 3.43. The Morgan fingerprint density at radius 2 is 1.77 bits per heavy atom. The Morgan fingerprint density at radius 1 is 1.06 bits per heavy atom. The van der Waals surface area contributed by atoms with Gasteiger partial charge in [-0.05, 0) is 43.2 Å². The van der Waals surface area contributed by atoms with Gasteiger partial charge in [-0.25, -0.2) is 0 Å². The topological polar surface area (TPSA) is 125 Å². The number of hydrogen-bond acceptors (Lipinski definition) is 4. The van der Waals surface area contributed by atoms with Gasteiger partial charge >= 0.3 is 0 Å². The average Bonchev–Trinajstić information content (AvgIpc) is 3.20. The molecule has 0 bridgehead atoms. The maximum Gasteiger partial charge on any atom is 0.243 e. The highest BCUT2D eigenvalue weighted by Crippen LogP contribution is 2.37. The quantitative estimate of drug-likeness (QED) is 0.420. The number of amides is 2. The molecule has 4 rings (SSSR count). The Kier molecular flexibility index (Phi) is 5.78. The van der Waals surface area contributed by atoms with E-state index in [1.807, 2.05) is 42.5 Å². The monoisotopic (exact) mass is 419 g/mol. The molecule has 0 aromatic heterocycles. The molecule has 3 atom stereocenters. The predicted octanol–water partition coefficient (Wildman–Crippen LogP) is 1.68. The molecular formula is C24H29N5O2. The molecule has 31 heavy (non-hydrogen) atoms. The van der Waals surface area contributed by atoms with Crippen LogP contribution in [-0.4, -0.2) is 40.2 Å². The normalized spacial score (nSPS) is 25.2. The maximum absolute atomic E-state index is 13.4. The van der Waals surface area contributed by atoms with Crippen molar-refractivity contribution in [3.05, 3.63) is 71.3 Å². The van der Waals surface area contributed by atoms with Crippen molar-refractivity contribution in [2.24, 2.45) is 11.5 Å². The lowest BCUT2D eigenvalue weighted by Crippen LogP contribution is -2.64. The van der Waals surface area contributed by atoms with Gasteiger partial charge in [0.05, 0.1) is 5.54 Å². The van der Waals surface area contributed by atoms with Crippen LogP contribution in [0.4, 0.5) is 0 Å². The minimum Gasteiger partial charge on any atom is -0.384 e. The predicted molar refractivity (Wildman–Crippen MR) is 119 cm³/mol. The van der Waals surface area contributed by atoms with Crippen molar-refractivity contribution in [1.29, 1.82) is 5.41 Å². The first kappa shape index (κ1) is 21.1. The van der Waals surface area contributed by atoms with E-state index in [-0.39, 0.29) is 23.7 Å². The van der Waals surface area contributed by atoms with E-state index >= 15 is 0 Å². The van der Waals surface area contributed by atoms with Gasteiger partial charge in [-0.3, -0.25) is 15.0 Å². The Morgan fingerprint density at radius 3 is 2.45 bits per heavy atom. The van der Waals surface area contributed by atoms with Gasteiger partial charge in [-0.15, -0.1) is 0 Å². The number of nitrogens with two attached hydrogens (primary N) is 2. The minimum atomic E-state index is -0.969. The fourth-order valence-corrected chi connectivity index (χ4v) is 4.75. The van der Waals surface area contributed by atoms with Gasteiger partial charge in [0, 0.05) is 18.2 Å². The number of nitrogens with zero attached hydrogens (tertiary/aromatic N) is 1. The largest absolute Gasteiger partial charge is 0.384 e. The summed E-state index contributed by atoms with van der Waals surface area (Å²) < 4.78 is 0. The fraction of sp³-hybridized carbons (Fsp3) is 0.375. The Bertz CT molecular complexity index is 975. The summed E-state index contributed by atoms with van der Waals surface area (Å²) in [6.45, 7) is 0.359. The number of nitrogen functional groups attached to an aromatic ring is 1. The molecule has 2 amide bonds. The van der Waals surface area contributed by atoms with Gasteiger partial charge in [0.1, 0.15) is 11.9 Å². The smallest absolute Gasteiger partial charge is 0.243 e. The summed E-state index contributed by atoms with van der Waals surface area (Å²) in [6, 6.07) is 16.6. The van der Waals surface area contributed by atoms with Gasteiger partial charge in [0.15, 0.2) is 0 Å². The van der Waals surface area contributed by atoms with Crippen LogP contribution in [0.3, 0.4) is 0 Å². The molecule has 0 aliphatic carbocycles. The highest BCUT2D eigenvalue weighted by molar-refractivity contribution is 5.95. The Balaban J connectivity index is 1.42. The summed E-state index contributed by atoms with van der Waals surface area (Å²) in [7, 11) is 0. The maximum atomic E-state index is 13.4. The molecular weight excluding hydrogens is 390 g/mol. The summed E-state index contributed by atoms with van der Waals surface area (Å²) in [5.41, 5.74) is 13.7. The van der Waals surface area contributed by atoms with E-state index in [1.54, 1.807) is 17.0 Å². The lowest BCUT2D eigenvalue weighted by atomic mass is 9.81. The lowest BCUT2D eigenvalue weighted by molar-refractivity contribution is -0.148. The minimum absolute atomic E-state index is 0.0111. The summed E-state index contributed by atoms with van der Waals surface area (Å²) >= 11 is 0. The number of rotatable bonds is 6. The second-order valence-electron chi connectivity index (χ2n) is 8.64. The van der Waals surface area contributed by atoms with Crippen LogP contribution in [0, 0.1) is 5.41 Å².